The summed E-state index contributed by atoms with van der Waals surface area (Å²) in [4.78, 5) is 2.23. The molecule has 0 N–H and O–H groups in total. The second-order valence-electron chi connectivity index (χ2n) is 14.0. The number of nitriles is 1. The van der Waals surface area contributed by atoms with Crippen molar-refractivity contribution in [2.45, 2.75) is 0 Å². The summed E-state index contributed by atoms with van der Waals surface area (Å²) < 4.78 is 0. The molecular formula is C53H34N2. The number of hydrogen-bond donors (Lipinski definition) is 0. The zero-order chi connectivity index (χ0) is 36.7. The first-order valence-electron chi connectivity index (χ1n) is 18.7. The minimum Gasteiger partial charge on any atom is -0.311 e. The van der Waals surface area contributed by atoms with Crippen LogP contribution in [0, 0.1) is 11.3 Å². The topological polar surface area (TPSA) is 27.0 Å². The largest absolute Gasteiger partial charge is 0.311 e. The zero-order valence-electron chi connectivity index (χ0n) is 30.0. The average Bonchev–Trinajstić information content (AvgIpc) is 3.26. The second-order valence-corrected chi connectivity index (χ2v) is 14.0. The standard InChI is InChI=1S/C53H34N2/c54-35-36-24-29-42(30-25-36)55(41-16-2-1-3-17-41)43-31-26-37(27-32-43)40-28-33-50-51(34-40)53(47-23-11-15-39-13-5-7-19-45(39)47)49-21-9-8-20-48(49)52(50)46-22-10-14-38-12-4-6-18-44(38)46/h1-34H. The molecule has 0 aliphatic heterocycles. The molecule has 0 heterocycles. The lowest BCUT2D eigenvalue weighted by Crippen LogP contribution is -2.09. The molecule has 10 rings (SSSR count). The van der Waals surface area contributed by atoms with Gasteiger partial charge in [0.05, 0.1) is 11.6 Å². The van der Waals surface area contributed by atoms with Crippen molar-refractivity contribution in [3.8, 4) is 39.4 Å². The van der Waals surface area contributed by atoms with Gasteiger partial charge in [-0.3, -0.25) is 0 Å². The Labute approximate surface area is 320 Å². The predicted octanol–water partition coefficient (Wildman–Crippen LogP) is 14.6. The summed E-state index contributed by atoms with van der Waals surface area (Å²) >= 11 is 0. The fraction of sp³-hybridized carbons (Fsp3) is 0. The van der Waals surface area contributed by atoms with Crippen molar-refractivity contribution in [1.82, 2.24) is 0 Å². The van der Waals surface area contributed by atoms with E-state index in [1.165, 1.54) is 65.3 Å². The van der Waals surface area contributed by atoms with Gasteiger partial charge in [-0.1, -0.05) is 152 Å². The van der Waals surface area contributed by atoms with E-state index >= 15 is 0 Å². The highest BCUT2D eigenvalue weighted by atomic mass is 15.1. The van der Waals surface area contributed by atoms with Crippen LogP contribution in [0.15, 0.2) is 206 Å². The Hall–Kier alpha value is -7.47. The van der Waals surface area contributed by atoms with Gasteiger partial charge in [-0.25, -0.2) is 0 Å². The first kappa shape index (κ1) is 32.2. The predicted molar refractivity (Wildman–Crippen MR) is 232 cm³/mol. The van der Waals surface area contributed by atoms with Crippen LogP contribution in [-0.4, -0.2) is 0 Å². The fourth-order valence-electron chi connectivity index (χ4n) is 8.34. The van der Waals surface area contributed by atoms with Crippen molar-refractivity contribution in [2.24, 2.45) is 0 Å². The van der Waals surface area contributed by atoms with Gasteiger partial charge in [-0.15, -0.1) is 0 Å². The molecule has 0 saturated heterocycles. The van der Waals surface area contributed by atoms with Crippen LogP contribution in [-0.2, 0) is 0 Å². The van der Waals surface area contributed by atoms with E-state index in [4.69, 9.17) is 0 Å². The van der Waals surface area contributed by atoms with Gasteiger partial charge in [-0.05, 0) is 131 Å². The molecule has 0 spiro atoms. The van der Waals surface area contributed by atoms with E-state index in [2.05, 4.69) is 187 Å². The van der Waals surface area contributed by atoms with E-state index in [9.17, 15) is 5.26 Å². The van der Waals surface area contributed by atoms with Crippen molar-refractivity contribution in [3.05, 3.63) is 212 Å². The number of nitrogens with zero attached hydrogens (tertiary/aromatic N) is 2. The van der Waals surface area contributed by atoms with Crippen LogP contribution < -0.4 is 4.90 Å². The van der Waals surface area contributed by atoms with Gasteiger partial charge in [0.15, 0.2) is 0 Å². The fourth-order valence-corrected chi connectivity index (χ4v) is 8.34. The lowest BCUT2D eigenvalue weighted by Gasteiger charge is -2.25. The normalized spacial score (nSPS) is 11.3. The lowest BCUT2D eigenvalue weighted by atomic mass is 9.83. The summed E-state index contributed by atoms with van der Waals surface area (Å²) in [7, 11) is 0. The molecule has 0 aliphatic carbocycles. The molecule has 0 unspecified atom stereocenters. The number of anilines is 3. The van der Waals surface area contributed by atoms with E-state index in [0.29, 0.717) is 5.56 Å². The van der Waals surface area contributed by atoms with Crippen molar-refractivity contribution < 1.29 is 0 Å². The Balaban J connectivity index is 1.21. The van der Waals surface area contributed by atoms with E-state index < -0.39 is 0 Å². The highest BCUT2D eigenvalue weighted by Crippen LogP contribution is 2.47. The first-order chi connectivity index (χ1) is 27.2. The third-order valence-electron chi connectivity index (χ3n) is 10.9. The highest BCUT2D eigenvalue weighted by Gasteiger charge is 2.20. The van der Waals surface area contributed by atoms with Crippen LogP contribution in [0.1, 0.15) is 5.56 Å². The smallest absolute Gasteiger partial charge is 0.0991 e. The van der Waals surface area contributed by atoms with Gasteiger partial charge in [0.2, 0.25) is 0 Å². The van der Waals surface area contributed by atoms with Crippen LogP contribution in [0.5, 0.6) is 0 Å². The highest BCUT2D eigenvalue weighted by molar-refractivity contribution is 6.25. The van der Waals surface area contributed by atoms with Gasteiger partial charge in [-0.2, -0.15) is 5.26 Å². The summed E-state index contributed by atoms with van der Waals surface area (Å²) in [5, 5.41) is 19.3. The summed E-state index contributed by atoms with van der Waals surface area (Å²) in [6.45, 7) is 0. The second kappa shape index (κ2) is 13.5. The van der Waals surface area contributed by atoms with Crippen molar-refractivity contribution in [3.63, 3.8) is 0 Å². The zero-order valence-corrected chi connectivity index (χ0v) is 30.0. The van der Waals surface area contributed by atoms with Gasteiger partial charge in [0.1, 0.15) is 0 Å². The maximum absolute atomic E-state index is 9.44. The van der Waals surface area contributed by atoms with Crippen LogP contribution >= 0.6 is 0 Å². The molecule has 10 aromatic rings. The molecule has 0 aliphatic rings. The van der Waals surface area contributed by atoms with Crippen LogP contribution in [0.3, 0.4) is 0 Å². The third kappa shape index (κ3) is 5.59. The van der Waals surface area contributed by atoms with Crippen LogP contribution in [0.4, 0.5) is 17.1 Å². The molecule has 2 nitrogen and oxygen atoms in total. The molecule has 0 saturated carbocycles. The van der Waals surface area contributed by atoms with Gasteiger partial charge in [0, 0.05) is 17.1 Å². The maximum Gasteiger partial charge on any atom is 0.0991 e. The summed E-state index contributed by atoms with van der Waals surface area (Å²) in [5.74, 6) is 0. The molecule has 256 valence electrons. The van der Waals surface area contributed by atoms with Crippen LogP contribution in [0.2, 0.25) is 0 Å². The summed E-state index contributed by atoms with van der Waals surface area (Å²) in [6.07, 6.45) is 0. The molecule has 10 aromatic carbocycles. The van der Waals surface area contributed by atoms with E-state index in [1.807, 2.05) is 30.3 Å². The SMILES string of the molecule is N#Cc1ccc(N(c2ccccc2)c2ccc(-c3ccc4c(-c5cccc6ccccc56)c5ccccc5c(-c5cccc6ccccc56)c4c3)cc2)cc1. The lowest BCUT2D eigenvalue weighted by molar-refractivity contribution is 1.28. The van der Waals surface area contributed by atoms with Crippen molar-refractivity contribution in [2.75, 3.05) is 4.90 Å². The quantitative estimate of drug-likeness (QED) is 0.162. The molecule has 0 atom stereocenters. The van der Waals surface area contributed by atoms with Crippen LogP contribution in [0.25, 0.3) is 76.5 Å². The Kier molecular flexibility index (Phi) is 7.90. The molecule has 2 heteroatoms. The Morgan fingerprint density at radius 3 is 1.35 bits per heavy atom. The number of rotatable bonds is 6. The first-order valence-corrected chi connectivity index (χ1v) is 18.7. The van der Waals surface area contributed by atoms with E-state index in [0.717, 1.165) is 28.2 Å². The van der Waals surface area contributed by atoms with Crippen molar-refractivity contribution in [1.29, 1.82) is 5.26 Å². The number of para-hydroxylation sites is 1. The Morgan fingerprint density at radius 1 is 0.327 bits per heavy atom. The van der Waals surface area contributed by atoms with Gasteiger partial charge >= 0.3 is 0 Å². The molecule has 55 heavy (non-hydrogen) atoms. The third-order valence-corrected chi connectivity index (χ3v) is 10.9. The number of fused-ring (bicyclic) bond motifs is 4. The van der Waals surface area contributed by atoms with E-state index in [-0.39, 0.29) is 0 Å². The minimum absolute atomic E-state index is 0.641. The van der Waals surface area contributed by atoms with Crippen molar-refractivity contribution >= 4 is 60.2 Å². The molecule has 0 fully saturated rings. The molecular weight excluding hydrogens is 665 g/mol. The van der Waals surface area contributed by atoms with Gasteiger partial charge in [0.25, 0.3) is 0 Å². The summed E-state index contributed by atoms with van der Waals surface area (Å²) in [5.41, 5.74) is 11.0. The number of hydrogen-bond acceptors (Lipinski definition) is 2. The Bertz CT molecular complexity index is 3070. The molecule has 0 aromatic heterocycles. The minimum atomic E-state index is 0.641. The monoisotopic (exact) mass is 698 g/mol. The molecule has 0 bridgehead atoms. The molecule has 0 amide bonds. The van der Waals surface area contributed by atoms with Gasteiger partial charge < -0.3 is 4.90 Å². The maximum atomic E-state index is 9.44. The summed E-state index contributed by atoms with van der Waals surface area (Å²) in [6, 6.07) is 75.9. The average molecular weight is 699 g/mol. The Morgan fingerprint density at radius 2 is 0.764 bits per heavy atom. The molecule has 0 radical (unpaired) electrons. The number of benzene rings is 10. The van der Waals surface area contributed by atoms with E-state index in [1.54, 1.807) is 0 Å².